The molecular formula is C17H29N3. The Kier molecular flexibility index (Phi) is 4.71. The Balaban J connectivity index is 2.39. The van der Waals surface area contributed by atoms with E-state index in [9.17, 15) is 0 Å². The van der Waals surface area contributed by atoms with E-state index in [1.165, 1.54) is 22.4 Å². The lowest BCUT2D eigenvalue weighted by molar-refractivity contribution is 0.559. The Morgan fingerprint density at radius 1 is 1.30 bits per heavy atom. The zero-order valence-electron chi connectivity index (χ0n) is 13.6. The fourth-order valence-electron chi connectivity index (χ4n) is 2.88. The van der Waals surface area contributed by atoms with Gasteiger partial charge >= 0.3 is 0 Å². The molecule has 0 fully saturated rings. The van der Waals surface area contributed by atoms with Crippen LogP contribution in [0.4, 0.5) is 5.69 Å². The van der Waals surface area contributed by atoms with Crippen LogP contribution in [0.3, 0.4) is 0 Å². The molecule has 112 valence electrons. The van der Waals surface area contributed by atoms with Gasteiger partial charge in [-0.05, 0) is 54.3 Å². The fourth-order valence-corrected chi connectivity index (χ4v) is 2.88. The van der Waals surface area contributed by atoms with Gasteiger partial charge in [-0.2, -0.15) is 0 Å². The highest BCUT2D eigenvalue weighted by atomic mass is 15.1. The normalized spacial score (nSPS) is 15.1. The van der Waals surface area contributed by atoms with Crippen LogP contribution >= 0.6 is 0 Å². The van der Waals surface area contributed by atoms with Crippen LogP contribution in [0.2, 0.25) is 0 Å². The Bertz CT molecular complexity index is 460. The van der Waals surface area contributed by atoms with Crippen molar-refractivity contribution in [2.45, 2.75) is 39.2 Å². The van der Waals surface area contributed by atoms with Gasteiger partial charge in [0.05, 0.1) is 0 Å². The van der Waals surface area contributed by atoms with Crippen molar-refractivity contribution in [2.24, 2.45) is 0 Å². The second kappa shape index (κ2) is 6.15. The van der Waals surface area contributed by atoms with Crippen LogP contribution in [0.15, 0.2) is 12.1 Å². The summed E-state index contributed by atoms with van der Waals surface area (Å²) in [6.45, 7) is 11.1. The van der Waals surface area contributed by atoms with Crippen LogP contribution in [0.1, 0.15) is 37.5 Å². The molecule has 0 saturated carbocycles. The van der Waals surface area contributed by atoms with Gasteiger partial charge in [0.15, 0.2) is 0 Å². The number of nitrogens with one attached hydrogen (secondary N) is 2. The highest BCUT2D eigenvalue weighted by Gasteiger charge is 2.23. The predicted molar refractivity (Wildman–Crippen MR) is 87.7 cm³/mol. The maximum Gasteiger partial charge on any atom is 0.0370 e. The number of anilines is 1. The van der Waals surface area contributed by atoms with E-state index in [4.69, 9.17) is 0 Å². The van der Waals surface area contributed by atoms with Crippen LogP contribution in [0.5, 0.6) is 0 Å². The van der Waals surface area contributed by atoms with Gasteiger partial charge in [-0.15, -0.1) is 0 Å². The fraction of sp³-hybridized carbons (Fsp3) is 0.647. The van der Waals surface area contributed by atoms with Crippen molar-refractivity contribution in [3.63, 3.8) is 0 Å². The van der Waals surface area contributed by atoms with Crippen LogP contribution < -0.4 is 15.5 Å². The van der Waals surface area contributed by atoms with E-state index < -0.39 is 0 Å². The van der Waals surface area contributed by atoms with Gasteiger partial charge in [0.2, 0.25) is 0 Å². The minimum atomic E-state index is 0.197. The topological polar surface area (TPSA) is 27.3 Å². The first-order valence-electron chi connectivity index (χ1n) is 7.66. The van der Waals surface area contributed by atoms with Crippen molar-refractivity contribution < 1.29 is 0 Å². The smallest absolute Gasteiger partial charge is 0.0370 e. The summed E-state index contributed by atoms with van der Waals surface area (Å²) >= 11 is 0. The number of hydrogen-bond acceptors (Lipinski definition) is 3. The summed E-state index contributed by atoms with van der Waals surface area (Å²) in [5, 5.41) is 6.74. The van der Waals surface area contributed by atoms with Gasteiger partial charge in [-0.25, -0.2) is 0 Å². The zero-order valence-corrected chi connectivity index (χ0v) is 13.6. The second-order valence-corrected chi connectivity index (χ2v) is 6.83. The Morgan fingerprint density at radius 3 is 2.70 bits per heavy atom. The molecule has 1 aliphatic heterocycles. The molecule has 3 nitrogen and oxygen atoms in total. The van der Waals surface area contributed by atoms with Gasteiger partial charge < -0.3 is 15.5 Å². The van der Waals surface area contributed by atoms with Gasteiger partial charge in [0.1, 0.15) is 0 Å². The summed E-state index contributed by atoms with van der Waals surface area (Å²) in [4.78, 5) is 2.36. The Labute approximate surface area is 123 Å². The molecule has 0 radical (unpaired) electrons. The lowest BCUT2D eigenvalue weighted by Gasteiger charge is -2.31. The molecule has 3 heteroatoms. The number of fused-ring (bicyclic) bond motifs is 1. The third kappa shape index (κ3) is 3.33. The van der Waals surface area contributed by atoms with Crippen molar-refractivity contribution in [1.82, 2.24) is 10.6 Å². The number of nitrogens with zero attached hydrogens (tertiary/aromatic N) is 1. The Morgan fingerprint density at radius 2 is 2.05 bits per heavy atom. The molecule has 20 heavy (non-hydrogen) atoms. The van der Waals surface area contributed by atoms with E-state index in [1.807, 2.05) is 7.05 Å². The maximum absolute atomic E-state index is 3.51. The predicted octanol–water partition coefficient (Wildman–Crippen LogP) is 2.29. The zero-order chi connectivity index (χ0) is 14.8. The van der Waals surface area contributed by atoms with E-state index in [2.05, 4.69) is 55.5 Å². The van der Waals surface area contributed by atoms with E-state index in [-0.39, 0.29) is 5.41 Å². The van der Waals surface area contributed by atoms with Crippen molar-refractivity contribution in [3.8, 4) is 0 Å². The molecule has 0 spiro atoms. The lowest BCUT2D eigenvalue weighted by Crippen LogP contribution is -2.30. The van der Waals surface area contributed by atoms with Gasteiger partial charge in [0, 0.05) is 32.4 Å². The molecule has 1 aromatic rings. The highest BCUT2D eigenvalue weighted by molar-refractivity contribution is 5.56. The first-order chi connectivity index (χ1) is 9.43. The molecule has 0 unspecified atom stereocenters. The molecule has 2 N–H and O–H groups in total. The molecule has 2 rings (SSSR count). The molecule has 1 aliphatic rings. The molecule has 0 aromatic heterocycles. The minimum Gasteiger partial charge on any atom is -0.373 e. The summed E-state index contributed by atoms with van der Waals surface area (Å²) in [5.41, 5.74) is 6.10. The SMILES string of the molecule is CNCCN(C)c1cc2c(c(C(C)(C)C)c1)CNCC2. The molecule has 1 aromatic carbocycles. The van der Waals surface area contributed by atoms with Crippen molar-refractivity contribution in [2.75, 3.05) is 38.6 Å². The Hall–Kier alpha value is -1.06. The quantitative estimate of drug-likeness (QED) is 0.883. The number of benzene rings is 1. The highest BCUT2D eigenvalue weighted by Crippen LogP contribution is 2.33. The van der Waals surface area contributed by atoms with Crippen molar-refractivity contribution >= 4 is 5.69 Å². The van der Waals surface area contributed by atoms with Gasteiger partial charge in [0.25, 0.3) is 0 Å². The summed E-state index contributed by atoms with van der Waals surface area (Å²) in [7, 11) is 4.19. The molecule has 0 aliphatic carbocycles. The van der Waals surface area contributed by atoms with E-state index in [1.54, 1.807) is 0 Å². The standard InChI is InChI=1S/C17H29N3/c1-17(2,3)16-11-14(20(5)9-8-18-4)10-13-6-7-19-12-15(13)16/h10-11,18-19H,6-9,12H2,1-5H3. The second-order valence-electron chi connectivity index (χ2n) is 6.83. The number of likely N-dealkylation sites (N-methyl/N-ethyl adjacent to an activating group) is 2. The monoisotopic (exact) mass is 275 g/mol. The number of rotatable bonds is 4. The average Bonchev–Trinajstić information content (AvgIpc) is 2.42. The van der Waals surface area contributed by atoms with E-state index in [0.29, 0.717) is 0 Å². The summed E-state index contributed by atoms with van der Waals surface area (Å²) in [6, 6.07) is 4.78. The third-order valence-corrected chi connectivity index (χ3v) is 4.15. The first kappa shape index (κ1) is 15.3. The minimum absolute atomic E-state index is 0.197. The average molecular weight is 275 g/mol. The van der Waals surface area contributed by atoms with Crippen LogP contribution in [-0.2, 0) is 18.4 Å². The van der Waals surface area contributed by atoms with Crippen LogP contribution in [0, 0.1) is 0 Å². The molecule has 0 atom stereocenters. The summed E-state index contributed by atoms with van der Waals surface area (Å²) < 4.78 is 0. The summed E-state index contributed by atoms with van der Waals surface area (Å²) in [5.74, 6) is 0. The maximum atomic E-state index is 3.51. The lowest BCUT2D eigenvalue weighted by atomic mass is 9.80. The van der Waals surface area contributed by atoms with Crippen LogP contribution in [0.25, 0.3) is 0 Å². The first-order valence-corrected chi connectivity index (χ1v) is 7.66. The van der Waals surface area contributed by atoms with E-state index >= 15 is 0 Å². The molecule has 0 saturated heterocycles. The summed E-state index contributed by atoms with van der Waals surface area (Å²) in [6.07, 6.45) is 1.14. The van der Waals surface area contributed by atoms with Gasteiger partial charge in [-0.3, -0.25) is 0 Å². The van der Waals surface area contributed by atoms with E-state index in [0.717, 1.165) is 32.6 Å². The van der Waals surface area contributed by atoms with Crippen molar-refractivity contribution in [3.05, 3.63) is 28.8 Å². The molecule has 0 amide bonds. The molecular weight excluding hydrogens is 246 g/mol. The van der Waals surface area contributed by atoms with Gasteiger partial charge in [-0.1, -0.05) is 20.8 Å². The number of hydrogen-bond donors (Lipinski definition) is 2. The largest absolute Gasteiger partial charge is 0.373 e. The molecule has 1 heterocycles. The van der Waals surface area contributed by atoms with Crippen molar-refractivity contribution in [1.29, 1.82) is 0 Å². The molecule has 0 bridgehead atoms. The van der Waals surface area contributed by atoms with Crippen LogP contribution in [-0.4, -0.2) is 33.7 Å². The third-order valence-electron chi connectivity index (χ3n) is 4.15.